The maximum Gasteiger partial charge on any atom is 0.289 e. The highest BCUT2D eigenvalue weighted by Gasteiger charge is 2.27. The van der Waals surface area contributed by atoms with Crippen LogP contribution >= 0.6 is 0 Å². The van der Waals surface area contributed by atoms with E-state index < -0.39 is 0 Å². The van der Waals surface area contributed by atoms with Gasteiger partial charge in [0.1, 0.15) is 5.82 Å². The van der Waals surface area contributed by atoms with Crippen LogP contribution in [0.2, 0.25) is 0 Å². The third-order valence-corrected chi connectivity index (χ3v) is 5.10. The zero-order chi connectivity index (χ0) is 20.1. The molecule has 2 aromatic rings. The molecule has 150 valence electrons. The summed E-state index contributed by atoms with van der Waals surface area (Å²) in [7, 11) is 1.75. The quantitative estimate of drug-likeness (QED) is 0.648. The van der Waals surface area contributed by atoms with Gasteiger partial charge in [0.15, 0.2) is 11.7 Å². The van der Waals surface area contributed by atoms with Crippen LogP contribution < -0.4 is 5.32 Å². The van der Waals surface area contributed by atoms with Crippen molar-refractivity contribution in [1.82, 2.24) is 15.1 Å². The van der Waals surface area contributed by atoms with Crippen LogP contribution in [-0.4, -0.2) is 61.4 Å². The molecule has 0 aliphatic carbocycles. The SMILES string of the molecule is CN=C(NCC(C)(C)c1cccc(F)c1)N1CCN(C(=O)c2ccco2)CC1. The van der Waals surface area contributed by atoms with Crippen molar-refractivity contribution in [1.29, 1.82) is 0 Å². The van der Waals surface area contributed by atoms with Crippen molar-refractivity contribution in [2.24, 2.45) is 4.99 Å². The highest BCUT2D eigenvalue weighted by molar-refractivity contribution is 5.91. The van der Waals surface area contributed by atoms with E-state index in [0.717, 1.165) is 11.5 Å². The smallest absolute Gasteiger partial charge is 0.289 e. The average molecular weight is 386 g/mol. The molecule has 1 amide bonds. The Morgan fingerprint density at radius 2 is 1.89 bits per heavy atom. The van der Waals surface area contributed by atoms with Crippen molar-refractivity contribution in [3.05, 3.63) is 59.8 Å². The highest BCUT2D eigenvalue weighted by atomic mass is 19.1. The molecule has 1 saturated heterocycles. The lowest BCUT2D eigenvalue weighted by Crippen LogP contribution is -2.54. The van der Waals surface area contributed by atoms with Gasteiger partial charge in [-0.2, -0.15) is 0 Å². The summed E-state index contributed by atoms with van der Waals surface area (Å²) in [6.45, 7) is 7.35. The van der Waals surface area contributed by atoms with Crippen LogP contribution in [0, 0.1) is 5.82 Å². The van der Waals surface area contributed by atoms with Gasteiger partial charge in [0.25, 0.3) is 5.91 Å². The summed E-state index contributed by atoms with van der Waals surface area (Å²) >= 11 is 0. The first-order valence-electron chi connectivity index (χ1n) is 9.45. The molecule has 1 aromatic heterocycles. The number of nitrogens with one attached hydrogen (secondary N) is 1. The van der Waals surface area contributed by atoms with Gasteiger partial charge in [0.05, 0.1) is 6.26 Å². The van der Waals surface area contributed by atoms with Crippen LogP contribution in [0.1, 0.15) is 30.0 Å². The fraction of sp³-hybridized carbons (Fsp3) is 0.429. The van der Waals surface area contributed by atoms with Gasteiger partial charge in [-0.3, -0.25) is 9.79 Å². The van der Waals surface area contributed by atoms with Crippen molar-refractivity contribution in [3.8, 4) is 0 Å². The molecule has 1 aromatic carbocycles. The summed E-state index contributed by atoms with van der Waals surface area (Å²) in [6.07, 6.45) is 1.51. The van der Waals surface area contributed by atoms with Gasteiger partial charge in [-0.15, -0.1) is 0 Å². The monoisotopic (exact) mass is 386 g/mol. The van der Waals surface area contributed by atoms with E-state index in [1.807, 2.05) is 6.07 Å². The number of amides is 1. The van der Waals surface area contributed by atoms with Gasteiger partial charge >= 0.3 is 0 Å². The van der Waals surface area contributed by atoms with Crippen LogP contribution in [0.15, 0.2) is 52.1 Å². The van der Waals surface area contributed by atoms with E-state index in [1.165, 1.54) is 12.3 Å². The zero-order valence-corrected chi connectivity index (χ0v) is 16.6. The number of benzene rings is 1. The minimum absolute atomic E-state index is 0.0835. The third kappa shape index (κ3) is 4.52. The van der Waals surface area contributed by atoms with Gasteiger partial charge in [-0.25, -0.2) is 4.39 Å². The number of aliphatic imine (C=N–C) groups is 1. The molecular formula is C21H27FN4O2. The first-order valence-corrected chi connectivity index (χ1v) is 9.45. The van der Waals surface area contributed by atoms with Crippen LogP contribution in [0.3, 0.4) is 0 Å². The lowest BCUT2D eigenvalue weighted by atomic mass is 9.84. The van der Waals surface area contributed by atoms with Crippen molar-refractivity contribution in [2.45, 2.75) is 19.3 Å². The van der Waals surface area contributed by atoms with Crippen molar-refractivity contribution in [3.63, 3.8) is 0 Å². The lowest BCUT2D eigenvalue weighted by Gasteiger charge is -2.37. The average Bonchev–Trinajstić information content (AvgIpc) is 3.23. The predicted molar refractivity (Wildman–Crippen MR) is 107 cm³/mol. The van der Waals surface area contributed by atoms with Gasteiger partial charge in [0.2, 0.25) is 0 Å². The molecule has 2 heterocycles. The predicted octanol–water partition coefficient (Wildman–Crippen LogP) is 2.73. The van der Waals surface area contributed by atoms with Gasteiger partial charge in [-0.1, -0.05) is 26.0 Å². The summed E-state index contributed by atoms with van der Waals surface area (Å²) < 4.78 is 18.8. The molecule has 0 bridgehead atoms. The number of halogens is 1. The second kappa shape index (κ2) is 8.46. The van der Waals surface area contributed by atoms with Crippen molar-refractivity contribution < 1.29 is 13.6 Å². The molecule has 1 fully saturated rings. The first-order chi connectivity index (χ1) is 13.4. The Balaban J connectivity index is 1.55. The number of furan rings is 1. The molecule has 6 nitrogen and oxygen atoms in total. The Morgan fingerprint density at radius 1 is 1.18 bits per heavy atom. The Hall–Kier alpha value is -2.83. The molecule has 1 aliphatic heterocycles. The lowest BCUT2D eigenvalue weighted by molar-refractivity contribution is 0.0657. The van der Waals surface area contributed by atoms with E-state index >= 15 is 0 Å². The molecule has 0 spiro atoms. The molecule has 1 N–H and O–H groups in total. The Labute approximate surface area is 165 Å². The fourth-order valence-corrected chi connectivity index (χ4v) is 3.32. The third-order valence-electron chi connectivity index (χ3n) is 5.10. The molecular weight excluding hydrogens is 359 g/mol. The molecule has 0 radical (unpaired) electrons. The Kier molecular flexibility index (Phi) is 6.02. The van der Waals surface area contributed by atoms with Crippen molar-refractivity contribution >= 4 is 11.9 Å². The number of carbonyl (C=O) groups is 1. The minimum Gasteiger partial charge on any atom is -0.459 e. The van der Waals surface area contributed by atoms with E-state index in [9.17, 15) is 9.18 Å². The Morgan fingerprint density at radius 3 is 2.50 bits per heavy atom. The van der Waals surface area contributed by atoms with Crippen LogP contribution in [0.25, 0.3) is 0 Å². The number of piperazine rings is 1. The fourth-order valence-electron chi connectivity index (χ4n) is 3.32. The molecule has 0 atom stereocenters. The van der Waals surface area contributed by atoms with E-state index in [2.05, 4.69) is 29.1 Å². The summed E-state index contributed by atoms with van der Waals surface area (Å²) in [5.74, 6) is 0.842. The number of hydrogen-bond acceptors (Lipinski definition) is 3. The largest absolute Gasteiger partial charge is 0.459 e. The van der Waals surface area contributed by atoms with Crippen molar-refractivity contribution in [2.75, 3.05) is 39.8 Å². The standard InChI is InChI=1S/C21H27FN4O2/c1-21(2,16-6-4-7-17(22)14-16)15-24-20(23-3)26-11-9-25(10-12-26)19(27)18-8-5-13-28-18/h4-8,13-14H,9-12,15H2,1-3H3,(H,23,24). The Bertz CT molecular complexity index is 825. The van der Waals surface area contributed by atoms with Crippen LogP contribution in [0.5, 0.6) is 0 Å². The molecule has 7 heteroatoms. The van der Waals surface area contributed by atoms with Gasteiger partial charge in [-0.05, 0) is 29.8 Å². The molecule has 28 heavy (non-hydrogen) atoms. The number of hydrogen-bond donors (Lipinski definition) is 1. The second-order valence-electron chi connectivity index (χ2n) is 7.55. The van der Waals surface area contributed by atoms with E-state index in [4.69, 9.17) is 4.42 Å². The van der Waals surface area contributed by atoms with E-state index in [-0.39, 0.29) is 17.1 Å². The first kappa shape index (κ1) is 19.9. The normalized spacial score (nSPS) is 15.6. The van der Waals surface area contributed by atoms with Gasteiger partial charge < -0.3 is 19.5 Å². The zero-order valence-electron chi connectivity index (χ0n) is 16.6. The molecule has 3 rings (SSSR count). The highest BCUT2D eigenvalue weighted by Crippen LogP contribution is 2.23. The van der Waals surface area contributed by atoms with Gasteiger partial charge in [0, 0.05) is 45.2 Å². The number of nitrogens with zero attached hydrogens (tertiary/aromatic N) is 3. The number of rotatable bonds is 4. The maximum atomic E-state index is 13.6. The molecule has 0 unspecified atom stereocenters. The molecule has 0 saturated carbocycles. The molecule has 1 aliphatic rings. The van der Waals surface area contributed by atoms with E-state index in [0.29, 0.717) is 38.5 Å². The summed E-state index contributed by atoms with van der Waals surface area (Å²) in [4.78, 5) is 20.7. The summed E-state index contributed by atoms with van der Waals surface area (Å²) in [5.41, 5.74) is 0.680. The summed E-state index contributed by atoms with van der Waals surface area (Å²) in [5, 5.41) is 3.40. The topological polar surface area (TPSA) is 61.1 Å². The number of guanidine groups is 1. The van der Waals surface area contributed by atoms with Crippen LogP contribution in [0.4, 0.5) is 4.39 Å². The summed E-state index contributed by atoms with van der Waals surface area (Å²) in [6, 6.07) is 10.1. The van der Waals surface area contributed by atoms with E-state index in [1.54, 1.807) is 36.2 Å². The second-order valence-corrected chi connectivity index (χ2v) is 7.55. The maximum absolute atomic E-state index is 13.6. The van der Waals surface area contributed by atoms with Crippen LogP contribution in [-0.2, 0) is 5.41 Å². The minimum atomic E-state index is -0.255. The number of carbonyl (C=O) groups excluding carboxylic acids is 1.